The van der Waals surface area contributed by atoms with E-state index >= 15 is 0 Å². The summed E-state index contributed by atoms with van der Waals surface area (Å²) in [6.45, 7) is 18.6. The third-order valence-corrected chi connectivity index (χ3v) is 19.8. The summed E-state index contributed by atoms with van der Waals surface area (Å²) in [6, 6.07) is 53.6. The Labute approximate surface area is 412 Å². The first-order chi connectivity index (χ1) is 33.3. The molecule has 6 aromatic carbocycles. The standard InChI is InChI=1S/C60H59ClN4O3Si/c1-7-41-39-65(38-40-34-49(42-20-12-8-13-21-42)55(68-69(5,6)60(2,3)4)50(35-40)43-22-14-9-15-23-43)33-31-46(41)36-53(65)56(48-30-32-62-52-29-28-47(66)37-51(48)52)67-59-54(44-24-16-10-17-25-44)57(61)63-58(64-59)45-26-18-11-19-27-45/h7-30,32,34-35,37,41,46,53,56H,1,31,33,36,38-39H2,2-6H3/p+1/t41-,46-,53+,56-,65+/m0/s1. The van der Waals surface area contributed by atoms with Crippen LogP contribution in [-0.4, -0.2) is 52.0 Å². The molecule has 0 spiro atoms. The van der Waals surface area contributed by atoms with Crippen molar-refractivity contribution in [2.24, 2.45) is 11.8 Å². The second-order valence-electron chi connectivity index (χ2n) is 20.5. The Morgan fingerprint density at radius 3 is 1.97 bits per heavy atom. The number of quaternary nitrogens is 1. The molecule has 8 aromatic rings. The minimum atomic E-state index is -2.32. The fourth-order valence-corrected chi connectivity index (χ4v) is 11.9. The van der Waals surface area contributed by atoms with Gasteiger partial charge in [0.25, 0.3) is 8.32 Å². The molecule has 0 unspecified atom stereocenters. The van der Waals surface area contributed by atoms with E-state index in [9.17, 15) is 5.11 Å². The molecule has 0 radical (unpaired) electrons. The van der Waals surface area contributed by atoms with Gasteiger partial charge in [-0.2, -0.15) is 4.98 Å². The van der Waals surface area contributed by atoms with E-state index in [2.05, 4.69) is 125 Å². The summed E-state index contributed by atoms with van der Waals surface area (Å²) in [6.07, 6.45) is 5.45. The van der Waals surface area contributed by atoms with E-state index in [-0.39, 0.29) is 16.8 Å². The number of halogens is 1. The van der Waals surface area contributed by atoms with Crippen LogP contribution in [0.2, 0.25) is 23.3 Å². The quantitative estimate of drug-likeness (QED) is 0.0537. The smallest absolute Gasteiger partial charge is 0.250 e. The highest BCUT2D eigenvalue weighted by atomic mass is 35.5. The van der Waals surface area contributed by atoms with Gasteiger partial charge in [0, 0.05) is 58.2 Å². The molecule has 0 aliphatic carbocycles. The van der Waals surface area contributed by atoms with Crippen LogP contribution in [0.15, 0.2) is 177 Å². The van der Waals surface area contributed by atoms with Gasteiger partial charge in [-0.25, -0.2) is 4.98 Å². The predicted molar refractivity (Wildman–Crippen MR) is 284 cm³/mol. The Morgan fingerprint density at radius 1 is 0.783 bits per heavy atom. The van der Waals surface area contributed by atoms with Crippen molar-refractivity contribution < 1.29 is 18.8 Å². The van der Waals surface area contributed by atoms with Crippen LogP contribution in [0.5, 0.6) is 17.4 Å². The topological polar surface area (TPSA) is 77.4 Å². The normalized spacial score (nSPS) is 19.5. The average Bonchev–Trinajstić information content (AvgIpc) is 3.36. The van der Waals surface area contributed by atoms with Crippen LogP contribution < -0.4 is 9.16 Å². The van der Waals surface area contributed by atoms with Gasteiger partial charge in [-0.15, -0.1) is 6.58 Å². The SMILES string of the molecule is C=C[C@H]1C[N@+]2(Cc3cc(-c4ccccc4)c(O[Si](C)(C)C(C)(C)C)c(-c4ccccc4)c3)CC[C@H]1C[C@@H]2[C@@H](Oc1nc(-c2ccccc2)nc(Cl)c1-c1ccccc1)c1ccnc2ccc(O)cc12. The molecule has 1 N–H and O–H groups in total. The highest BCUT2D eigenvalue weighted by molar-refractivity contribution is 6.74. The van der Waals surface area contributed by atoms with E-state index < -0.39 is 14.4 Å². The van der Waals surface area contributed by atoms with Crippen molar-refractivity contribution in [1.29, 1.82) is 0 Å². The first kappa shape index (κ1) is 46.2. The lowest BCUT2D eigenvalue weighted by atomic mass is 9.71. The van der Waals surface area contributed by atoms with Gasteiger partial charge in [0.15, 0.2) is 11.9 Å². The van der Waals surface area contributed by atoms with Crippen molar-refractivity contribution in [3.05, 3.63) is 193 Å². The number of nitrogens with zero attached hydrogens (tertiary/aromatic N) is 4. The van der Waals surface area contributed by atoms with E-state index in [1.165, 1.54) is 5.56 Å². The zero-order valence-corrected chi connectivity index (χ0v) is 41.9. The van der Waals surface area contributed by atoms with Crippen LogP contribution in [0.4, 0.5) is 0 Å². The Balaban J connectivity index is 1.19. The zero-order chi connectivity index (χ0) is 47.9. The predicted octanol–water partition coefficient (Wildman–Crippen LogP) is 15.2. The largest absolute Gasteiger partial charge is 0.543 e. The second kappa shape index (κ2) is 18.7. The van der Waals surface area contributed by atoms with Gasteiger partial charge < -0.3 is 18.8 Å². The van der Waals surface area contributed by atoms with Crippen molar-refractivity contribution in [2.75, 3.05) is 13.1 Å². The van der Waals surface area contributed by atoms with Crippen LogP contribution in [-0.2, 0) is 6.54 Å². The molecular formula is C60H60ClN4O3Si+. The lowest BCUT2D eigenvalue weighted by molar-refractivity contribution is -0.984. The molecule has 3 aliphatic rings. The molecule has 3 saturated heterocycles. The summed E-state index contributed by atoms with van der Waals surface area (Å²) in [5, 5.41) is 12.2. The van der Waals surface area contributed by atoms with Crippen LogP contribution >= 0.6 is 11.6 Å². The number of fused-ring (bicyclic) bond motifs is 4. The van der Waals surface area contributed by atoms with Crippen molar-refractivity contribution in [3.63, 3.8) is 0 Å². The van der Waals surface area contributed by atoms with Gasteiger partial charge in [-0.3, -0.25) is 4.98 Å². The number of aromatic nitrogens is 3. The number of hydrogen-bond acceptors (Lipinski definition) is 6. The molecule has 11 rings (SSSR count). The maximum absolute atomic E-state index is 11.1. The van der Waals surface area contributed by atoms with Gasteiger partial charge in [0.1, 0.15) is 29.2 Å². The molecular weight excluding hydrogens is 888 g/mol. The van der Waals surface area contributed by atoms with E-state index in [4.69, 9.17) is 35.7 Å². The van der Waals surface area contributed by atoms with E-state index in [1.54, 1.807) is 6.07 Å². The number of phenolic OH excluding ortho intramolecular Hbond substituents is 1. The first-order valence-corrected chi connectivity index (χ1v) is 27.5. The molecule has 69 heavy (non-hydrogen) atoms. The monoisotopic (exact) mass is 947 g/mol. The number of pyridine rings is 1. The van der Waals surface area contributed by atoms with Crippen molar-refractivity contribution in [3.8, 4) is 62.1 Å². The lowest BCUT2D eigenvalue weighted by Gasteiger charge is -2.58. The molecule has 5 atom stereocenters. The van der Waals surface area contributed by atoms with E-state index in [1.807, 2.05) is 79.0 Å². The molecule has 2 bridgehead atoms. The van der Waals surface area contributed by atoms with Gasteiger partial charge in [-0.1, -0.05) is 160 Å². The highest BCUT2D eigenvalue weighted by Crippen LogP contribution is 2.52. The summed E-state index contributed by atoms with van der Waals surface area (Å²) < 4.78 is 15.9. The Hall–Kier alpha value is -6.58. The lowest BCUT2D eigenvalue weighted by Crippen LogP contribution is -2.68. The number of aromatic hydroxyl groups is 1. The number of benzene rings is 6. The number of piperidine rings is 3. The van der Waals surface area contributed by atoms with Crippen LogP contribution in [0.1, 0.15) is 50.8 Å². The molecule has 3 fully saturated rings. The van der Waals surface area contributed by atoms with E-state index in [0.717, 1.165) is 92.6 Å². The first-order valence-electron chi connectivity index (χ1n) is 24.2. The minimum Gasteiger partial charge on any atom is -0.543 e. The highest BCUT2D eigenvalue weighted by Gasteiger charge is 2.55. The van der Waals surface area contributed by atoms with Gasteiger partial charge in [0.05, 0.1) is 24.2 Å². The Bertz CT molecular complexity index is 3070. The molecule has 3 aliphatic heterocycles. The number of rotatable bonds is 13. The van der Waals surface area contributed by atoms with Crippen LogP contribution in [0.25, 0.3) is 55.7 Å². The Kier molecular flexibility index (Phi) is 12.5. The number of hydrogen-bond donors (Lipinski definition) is 1. The third-order valence-electron chi connectivity index (χ3n) is 15.2. The zero-order valence-electron chi connectivity index (χ0n) is 40.1. The molecule has 348 valence electrons. The number of ether oxygens (including phenoxy) is 1. The summed E-state index contributed by atoms with van der Waals surface area (Å²) in [5.74, 6) is 2.71. The summed E-state index contributed by atoms with van der Waals surface area (Å²) in [4.78, 5) is 14.9. The molecule has 2 aromatic heterocycles. The molecule has 5 heterocycles. The maximum atomic E-state index is 11.1. The van der Waals surface area contributed by atoms with Crippen molar-refractivity contribution in [2.45, 2.75) is 70.4 Å². The Morgan fingerprint density at radius 2 is 1.38 bits per heavy atom. The molecule has 7 nitrogen and oxygen atoms in total. The van der Waals surface area contributed by atoms with Crippen LogP contribution in [0.3, 0.4) is 0 Å². The summed E-state index contributed by atoms with van der Waals surface area (Å²) >= 11 is 7.30. The fourth-order valence-electron chi connectivity index (χ4n) is 10.6. The van der Waals surface area contributed by atoms with Crippen molar-refractivity contribution >= 4 is 30.8 Å². The average molecular weight is 949 g/mol. The molecule has 0 amide bonds. The van der Waals surface area contributed by atoms with Gasteiger partial charge in [0.2, 0.25) is 5.88 Å². The minimum absolute atomic E-state index is 0.0177. The summed E-state index contributed by atoms with van der Waals surface area (Å²) in [7, 11) is -2.32. The third kappa shape index (κ3) is 9.09. The summed E-state index contributed by atoms with van der Waals surface area (Å²) in [5.41, 5.74) is 9.69. The molecule has 0 saturated carbocycles. The fraction of sp³-hybridized carbons (Fsp3) is 0.250. The van der Waals surface area contributed by atoms with Gasteiger partial charge in [-0.05, 0) is 77.1 Å². The maximum Gasteiger partial charge on any atom is 0.250 e. The van der Waals surface area contributed by atoms with E-state index in [0.29, 0.717) is 34.3 Å². The molecule has 9 heteroatoms. The van der Waals surface area contributed by atoms with Crippen molar-refractivity contribution in [1.82, 2.24) is 15.0 Å². The number of phenols is 1. The van der Waals surface area contributed by atoms with Gasteiger partial charge >= 0.3 is 0 Å². The van der Waals surface area contributed by atoms with Crippen LogP contribution in [0, 0.1) is 11.8 Å². The second-order valence-corrected chi connectivity index (χ2v) is 25.6.